The number of carbonyl (C=O) groups excluding carboxylic acids is 2. The summed E-state index contributed by atoms with van der Waals surface area (Å²) in [6.07, 6.45) is 5.54. The van der Waals surface area contributed by atoms with E-state index in [1.807, 2.05) is 54.0 Å². The van der Waals surface area contributed by atoms with Crippen molar-refractivity contribution in [2.45, 2.75) is 76.9 Å². The largest absolute Gasteiger partial charge is 0.351 e. The van der Waals surface area contributed by atoms with E-state index >= 15 is 0 Å². The van der Waals surface area contributed by atoms with Gasteiger partial charge in [0.2, 0.25) is 5.91 Å². The number of rotatable bonds is 4. The van der Waals surface area contributed by atoms with Gasteiger partial charge in [0.1, 0.15) is 11.2 Å². The Morgan fingerprint density at radius 3 is 2.42 bits per heavy atom. The molecule has 1 saturated carbocycles. The van der Waals surface area contributed by atoms with Crippen molar-refractivity contribution in [3.8, 4) is 0 Å². The predicted molar refractivity (Wildman–Crippen MR) is 133 cm³/mol. The molecule has 0 bridgehead atoms. The molecule has 0 spiro atoms. The van der Waals surface area contributed by atoms with Crippen LogP contribution in [0.25, 0.3) is 10.9 Å². The summed E-state index contributed by atoms with van der Waals surface area (Å²) in [4.78, 5) is 29.5. The molecular formula is C28H33N3O2. The molecule has 1 aliphatic heterocycles. The zero-order valence-electron chi connectivity index (χ0n) is 19.8. The zero-order valence-corrected chi connectivity index (χ0v) is 19.8. The van der Waals surface area contributed by atoms with E-state index in [2.05, 4.69) is 31.3 Å². The summed E-state index contributed by atoms with van der Waals surface area (Å²) in [5.41, 5.74) is 2.58. The Hall–Kier alpha value is -3.08. The number of amides is 2. The molecule has 5 rings (SSSR count). The predicted octanol–water partition coefficient (Wildman–Crippen LogP) is 5.63. The number of hydrogen-bond donors (Lipinski definition) is 1. The van der Waals surface area contributed by atoms with Gasteiger partial charge in [-0.15, -0.1) is 0 Å². The number of hydrogen-bond acceptors (Lipinski definition) is 2. The first-order chi connectivity index (χ1) is 15.9. The van der Waals surface area contributed by atoms with Gasteiger partial charge in [-0.2, -0.15) is 0 Å². The van der Waals surface area contributed by atoms with Crippen LogP contribution in [-0.2, 0) is 11.3 Å². The third-order valence-corrected chi connectivity index (χ3v) is 7.44. The van der Waals surface area contributed by atoms with Gasteiger partial charge in [0, 0.05) is 22.6 Å². The van der Waals surface area contributed by atoms with Crippen LogP contribution in [0, 0.1) is 0 Å². The second-order valence-electron chi connectivity index (χ2n) is 10.1. The highest BCUT2D eigenvalue weighted by Crippen LogP contribution is 2.36. The summed E-state index contributed by atoms with van der Waals surface area (Å²) in [6.45, 7) is 6.64. The molecule has 0 saturated heterocycles. The maximum Gasteiger partial charge on any atom is 0.275 e. The standard InChI is InChI=1S/C28H33N3O2/c1-19(2)20-13-15-23(16-14-20)31-26(32)25-17-21-9-7-8-12-24(21)30(25)18-28(31,3)27(33)29-22-10-5-4-6-11-22/h7-9,12-17,19,22H,4-6,10-11,18H2,1-3H3,(H,29,33)/t28-/m0/s1. The quantitative estimate of drug-likeness (QED) is 0.568. The van der Waals surface area contributed by atoms with E-state index in [1.165, 1.54) is 12.0 Å². The van der Waals surface area contributed by atoms with Crippen molar-refractivity contribution in [1.29, 1.82) is 0 Å². The van der Waals surface area contributed by atoms with Gasteiger partial charge >= 0.3 is 0 Å². The summed E-state index contributed by atoms with van der Waals surface area (Å²) in [5, 5.41) is 4.33. The van der Waals surface area contributed by atoms with Crippen LogP contribution < -0.4 is 10.2 Å². The van der Waals surface area contributed by atoms with Gasteiger partial charge in [-0.25, -0.2) is 0 Å². The average Bonchev–Trinajstić information content (AvgIpc) is 3.19. The fraction of sp³-hybridized carbons (Fsp3) is 0.429. The number of carbonyl (C=O) groups is 2. The minimum absolute atomic E-state index is 0.0703. The molecule has 1 N–H and O–H groups in total. The molecule has 5 heteroatoms. The van der Waals surface area contributed by atoms with E-state index in [-0.39, 0.29) is 17.9 Å². The molecular weight excluding hydrogens is 410 g/mol. The summed E-state index contributed by atoms with van der Waals surface area (Å²) >= 11 is 0. The van der Waals surface area contributed by atoms with Crippen molar-refractivity contribution in [3.05, 3.63) is 65.9 Å². The Bertz CT molecular complexity index is 1190. The molecule has 5 nitrogen and oxygen atoms in total. The molecule has 3 aromatic rings. The number of para-hydroxylation sites is 1. The molecule has 2 amide bonds. The molecule has 0 radical (unpaired) electrons. The molecule has 172 valence electrons. The fourth-order valence-corrected chi connectivity index (χ4v) is 5.45. The number of nitrogens with zero attached hydrogens (tertiary/aromatic N) is 2. The molecule has 2 heterocycles. The maximum atomic E-state index is 13.9. The number of fused-ring (bicyclic) bond motifs is 3. The minimum Gasteiger partial charge on any atom is -0.351 e. The van der Waals surface area contributed by atoms with Crippen LogP contribution in [0.3, 0.4) is 0 Å². The van der Waals surface area contributed by atoms with Crippen LogP contribution in [0.5, 0.6) is 0 Å². The second-order valence-corrected chi connectivity index (χ2v) is 10.1. The van der Waals surface area contributed by atoms with E-state index in [1.54, 1.807) is 4.90 Å². The highest BCUT2D eigenvalue weighted by Gasteiger charge is 2.49. The smallest absolute Gasteiger partial charge is 0.275 e. The minimum atomic E-state index is -1.03. The van der Waals surface area contributed by atoms with Gasteiger partial charge in [-0.1, -0.05) is 63.4 Å². The summed E-state index contributed by atoms with van der Waals surface area (Å²) < 4.78 is 2.02. The van der Waals surface area contributed by atoms with Gasteiger partial charge in [-0.3, -0.25) is 14.5 Å². The van der Waals surface area contributed by atoms with E-state index in [0.717, 1.165) is 42.3 Å². The topological polar surface area (TPSA) is 54.3 Å². The first-order valence-corrected chi connectivity index (χ1v) is 12.2. The zero-order chi connectivity index (χ0) is 23.2. The molecule has 1 atom stereocenters. The van der Waals surface area contributed by atoms with Crippen molar-refractivity contribution in [1.82, 2.24) is 9.88 Å². The van der Waals surface area contributed by atoms with Crippen LogP contribution in [0.4, 0.5) is 5.69 Å². The highest BCUT2D eigenvalue weighted by atomic mass is 16.2. The van der Waals surface area contributed by atoms with Gasteiger partial charge < -0.3 is 9.88 Å². The van der Waals surface area contributed by atoms with Crippen LogP contribution in [0.2, 0.25) is 0 Å². The summed E-state index contributed by atoms with van der Waals surface area (Å²) in [7, 11) is 0. The molecule has 1 aromatic heterocycles. The van der Waals surface area contributed by atoms with Crippen molar-refractivity contribution in [2.75, 3.05) is 4.90 Å². The maximum absolute atomic E-state index is 13.9. The van der Waals surface area contributed by atoms with Gasteiger partial charge in [-0.05, 0) is 55.5 Å². The lowest BCUT2D eigenvalue weighted by atomic mass is 9.90. The van der Waals surface area contributed by atoms with Gasteiger partial charge in [0.25, 0.3) is 5.91 Å². The van der Waals surface area contributed by atoms with Crippen LogP contribution in [0.1, 0.15) is 74.8 Å². The third-order valence-electron chi connectivity index (χ3n) is 7.44. The van der Waals surface area contributed by atoms with Gasteiger partial charge in [0.15, 0.2) is 0 Å². The lowest BCUT2D eigenvalue weighted by molar-refractivity contribution is -0.127. The lowest BCUT2D eigenvalue weighted by Crippen LogP contribution is -2.65. The van der Waals surface area contributed by atoms with Crippen LogP contribution >= 0.6 is 0 Å². The van der Waals surface area contributed by atoms with E-state index in [9.17, 15) is 9.59 Å². The summed E-state index contributed by atoms with van der Waals surface area (Å²) in [6, 6.07) is 18.3. The normalized spacial score (nSPS) is 21.5. The monoisotopic (exact) mass is 443 g/mol. The third kappa shape index (κ3) is 3.73. The Kier molecular flexibility index (Phi) is 5.51. The fourth-order valence-electron chi connectivity index (χ4n) is 5.45. The molecule has 1 fully saturated rings. The van der Waals surface area contributed by atoms with Crippen molar-refractivity contribution >= 4 is 28.4 Å². The number of benzene rings is 2. The number of nitrogens with one attached hydrogen (secondary N) is 1. The van der Waals surface area contributed by atoms with Gasteiger partial charge in [0.05, 0.1) is 6.54 Å². The number of anilines is 1. The van der Waals surface area contributed by atoms with E-state index in [0.29, 0.717) is 18.2 Å². The Labute approximate surface area is 195 Å². The van der Waals surface area contributed by atoms with Crippen molar-refractivity contribution in [3.63, 3.8) is 0 Å². The Morgan fingerprint density at radius 1 is 1.03 bits per heavy atom. The van der Waals surface area contributed by atoms with Crippen molar-refractivity contribution in [2.24, 2.45) is 0 Å². The summed E-state index contributed by atoms with van der Waals surface area (Å²) in [5.74, 6) is 0.204. The number of aromatic nitrogens is 1. The van der Waals surface area contributed by atoms with Crippen molar-refractivity contribution < 1.29 is 9.59 Å². The first-order valence-electron chi connectivity index (χ1n) is 12.2. The Balaban J connectivity index is 1.59. The van der Waals surface area contributed by atoms with E-state index < -0.39 is 5.54 Å². The Morgan fingerprint density at radius 2 is 1.73 bits per heavy atom. The highest BCUT2D eigenvalue weighted by molar-refractivity contribution is 6.14. The molecule has 33 heavy (non-hydrogen) atoms. The van der Waals surface area contributed by atoms with E-state index in [4.69, 9.17) is 0 Å². The molecule has 2 aromatic carbocycles. The average molecular weight is 444 g/mol. The molecule has 1 aliphatic carbocycles. The lowest BCUT2D eigenvalue weighted by Gasteiger charge is -2.44. The first kappa shape index (κ1) is 21.7. The molecule has 0 unspecified atom stereocenters. The van der Waals surface area contributed by atoms with Crippen LogP contribution in [-0.4, -0.2) is 28.0 Å². The van der Waals surface area contributed by atoms with Crippen LogP contribution in [0.15, 0.2) is 54.6 Å². The SMILES string of the molecule is CC(C)c1ccc(N2C(=O)c3cc4ccccc4n3C[C@@]2(C)C(=O)NC2CCCCC2)cc1. The molecule has 2 aliphatic rings. The second kappa shape index (κ2) is 8.36.